The van der Waals surface area contributed by atoms with Crippen LogP contribution in [0.5, 0.6) is 0 Å². The lowest BCUT2D eigenvalue weighted by Crippen LogP contribution is -2.15. The van der Waals surface area contributed by atoms with Gasteiger partial charge in [0.1, 0.15) is 5.69 Å². The molecule has 0 saturated carbocycles. The van der Waals surface area contributed by atoms with Crippen LogP contribution in [0, 0.1) is 6.92 Å². The average Bonchev–Trinajstić information content (AvgIpc) is 3.12. The Kier molecular flexibility index (Phi) is 10.0. The van der Waals surface area contributed by atoms with Gasteiger partial charge in [0.2, 0.25) is 0 Å². The SMILES string of the molecule is CCCCCCCCCCCCNCc1[nH]nnc1-c1ccc(C)cc1. The minimum absolute atomic E-state index is 0.799. The summed E-state index contributed by atoms with van der Waals surface area (Å²) in [6.07, 6.45) is 13.8. The van der Waals surface area contributed by atoms with Gasteiger partial charge in [-0.1, -0.05) is 99.8 Å². The molecule has 1 heterocycles. The van der Waals surface area contributed by atoms with Crippen LogP contribution in [0.25, 0.3) is 11.3 Å². The molecule has 0 saturated heterocycles. The Morgan fingerprint density at radius 2 is 1.46 bits per heavy atom. The van der Waals surface area contributed by atoms with Gasteiger partial charge < -0.3 is 5.32 Å². The molecule has 0 unspecified atom stereocenters. The second-order valence-electron chi connectivity index (χ2n) is 7.36. The van der Waals surface area contributed by atoms with E-state index in [0.29, 0.717) is 0 Å². The Hall–Kier alpha value is -1.68. The monoisotopic (exact) mass is 356 g/mol. The third-order valence-electron chi connectivity index (χ3n) is 4.95. The number of unbranched alkanes of at least 4 members (excludes halogenated alkanes) is 9. The predicted molar refractivity (Wildman–Crippen MR) is 110 cm³/mol. The van der Waals surface area contributed by atoms with Crippen LogP contribution in [0.2, 0.25) is 0 Å². The Bertz CT molecular complexity index is 588. The molecule has 0 aliphatic carbocycles. The third-order valence-corrected chi connectivity index (χ3v) is 4.95. The van der Waals surface area contributed by atoms with E-state index in [1.807, 2.05) is 0 Å². The fourth-order valence-electron chi connectivity index (χ4n) is 3.27. The topological polar surface area (TPSA) is 53.6 Å². The number of nitrogens with zero attached hydrogens (tertiary/aromatic N) is 2. The molecular weight excluding hydrogens is 320 g/mol. The van der Waals surface area contributed by atoms with E-state index in [4.69, 9.17) is 0 Å². The highest BCUT2D eigenvalue weighted by atomic mass is 15.3. The van der Waals surface area contributed by atoms with Gasteiger partial charge in [-0.2, -0.15) is 0 Å². The van der Waals surface area contributed by atoms with Crippen LogP contribution in [0.3, 0.4) is 0 Å². The summed E-state index contributed by atoms with van der Waals surface area (Å²) in [6.45, 7) is 6.23. The quantitative estimate of drug-likeness (QED) is 0.421. The van der Waals surface area contributed by atoms with E-state index in [2.05, 4.69) is 58.8 Å². The van der Waals surface area contributed by atoms with Crippen LogP contribution in [-0.2, 0) is 6.54 Å². The smallest absolute Gasteiger partial charge is 0.117 e. The van der Waals surface area contributed by atoms with Crippen LogP contribution >= 0.6 is 0 Å². The number of rotatable bonds is 14. The maximum Gasteiger partial charge on any atom is 0.117 e. The second-order valence-corrected chi connectivity index (χ2v) is 7.36. The maximum absolute atomic E-state index is 4.25. The Balaban J connectivity index is 1.53. The first-order valence-corrected chi connectivity index (χ1v) is 10.5. The first kappa shape index (κ1) is 20.6. The van der Waals surface area contributed by atoms with Crippen LogP contribution < -0.4 is 5.32 Å². The predicted octanol–water partition coefficient (Wildman–Crippen LogP) is 5.79. The molecule has 0 amide bonds. The molecule has 144 valence electrons. The first-order chi connectivity index (χ1) is 12.8. The molecule has 4 heteroatoms. The van der Waals surface area contributed by atoms with Crippen LogP contribution in [0.4, 0.5) is 0 Å². The number of aromatic amines is 1. The van der Waals surface area contributed by atoms with Crippen molar-refractivity contribution in [3.8, 4) is 11.3 Å². The summed E-state index contributed by atoms with van der Waals surface area (Å²) in [6, 6.07) is 8.45. The molecule has 2 rings (SSSR count). The van der Waals surface area contributed by atoms with Crippen molar-refractivity contribution in [1.82, 2.24) is 20.7 Å². The van der Waals surface area contributed by atoms with E-state index in [1.165, 1.54) is 69.8 Å². The van der Waals surface area contributed by atoms with Gasteiger partial charge in [0.05, 0.1) is 5.69 Å². The molecule has 1 aromatic carbocycles. The molecule has 2 N–H and O–H groups in total. The average molecular weight is 357 g/mol. The fraction of sp³-hybridized carbons (Fsp3) is 0.636. The highest BCUT2D eigenvalue weighted by Gasteiger charge is 2.08. The zero-order valence-electron chi connectivity index (χ0n) is 16.7. The Morgan fingerprint density at radius 1 is 0.846 bits per heavy atom. The summed E-state index contributed by atoms with van der Waals surface area (Å²) in [4.78, 5) is 0. The van der Waals surface area contributed by atoms with Gasteiger partial charge in [-0.3, -0.25) is 5.10 Å². The van der Waals surface area contributed by atoms with Crippen LogP contribution in [-0.4, -0.2) is 22.0 Å². The second kappa shape index (κ2) is 12.6. The lowest BCUT2D eigenvalue weighted by molar-refractivity contribution is 0.542. The molecule has 2 aromatic rings. The molecule has 0 aliphatic heterocycles. The minimum Gasteiger partial charge on any atom is -0.311 e. The van der Waals surface area contributed by atoms with Crippen molar-refractivity contribution in [1.29, 1.82) is 0 Å². The number of benzene rings is 1. The third kappa shape index (κ3) is 7.69. The van der Waals surface area contributed by atoms with Crippen molar-refractivity contribution in [2.45, 2.75) is 84.6 Å². The molecule has 1 aromatic heterocycles. The van der Waals surface area contributed by atoms with Crippen molar-refractivity contribution in [2.75, 3.05) is 6.54 Å². The fourth-order valence-corrected chi connectivity index (χ4v) is 3.27. The Labute approximate surface area is 159 Å². The van der Waals surface area contributed by atoms with Gasteiger partial charge in [0.25, 0.3) is 0 Å². The summed E-state index contributed by atoms with van der Waals surface area (Å²) in [7, 11) is 0. The van der Waals surface area contributed by atoms with Gasteiger partial charge in [-0.05, 0) is 19.9 Å². The van der Waals surface area contributed by atoms with E-state index in [0.717, 1.165) is 30.0 Å². The van der Waals surface area contributed by atoms with Crippen molar-refractivity contribution < 1.29 is 0 Å². The van der Waals surface area contributed by atoms with Gasteiger partial charge in [-0.15, -0.1) is 5.10 Å². The molecule has 0 radical (unpaired) electrons. The molecule has 26 heavy (non-hydrogen) atoms. The van der Waals surface area contributed by atoms with E-state index in [-0.39, 0.29) is 0 Å². The lowest BCUT2D eigenvalue weighted by Gasteiger charge is -2.06. The normalized spacial score (nSPS) is 11.2. The number of aryl methyl sites for hydroxylation is 1. The zero-order chi connectivity index (χ0) is 18.5. The molecule has 0 aliphatic rings. The van der Waals surface area contributed by atoms with Crippen molar-refractivity contribution in [3.63, 3.8) is 0 Å². The largest absolute Gasteiger partial charge is 0.311 e. The summed E-state index contributed by atoms with van der Waals surface area (Å²) in [5, 5.41) is 14.8. The molecule has 0 bridgehead atoms. The maximum atomic E-state index is 4.25. The number of hydrogen-bond acceptors (Lipinski definition) is 3. The molecule has 0 atom stereocenters. The zero-order valence-corrected chi connectivity index (χ0v) is 16.7. The van der Waals surface area contributed by atoms with Gasteiger partial charge in [0.15, 0.2) is 0 Å². The summed E-state index contributed by atoms with van der Waals surface area (Å²) in [5.41, 5.74) is 4.42. The van der Waals surface area contributed by atoms with Gasteiger partial charge in [0, 0.05) is 12.1 Å². The molecule has 4 nitrogen and oxygen atoms in total. The van der Waals surface area contributed by atoms with Crippen molar-refractivity contribution in [3.05, 3.63) is 35.5 Å². The summed E-state index contributed by atoms with van der Waals surface area (Å²) >= 11 is 0. The van der Waals surface area contributed by atoms with Crippen LogP contribution in [0.15, 0.2) is 24.3 Å². The van der Waals surface area contributed by atoms with Gasteiger partial charge in [-0.25, -0.2) is 0 Å². The van der Waals surface area contributed by atoms with E-state index in [9.17, 15) is 0 Å². The number of H-pyrrole nitrogens is 1. The molecular formula is C22H36N4. The molecule has 0 fully saturated rings. The standard InChI is InChI=1S/C22H36N4/c1-3-4-5-6-7-8-9-10-11-12-17-23-18-21-22(25-26-24-21)20-15-13-19(2)14-16-20/h13-16,23H,3-12,17-18H2,1-2H3,(H,24,25,26). The molecule has 0 spiro atoms. The van der Waals surface area contributed by atoms with Crippen LogP contribution in [0.1, 0.15) is 82.4 Å². The van der Waals surface area contributed by atoms with Crippen molar-refractivity contribution in [2.24, 2.45) is 0 Å². The van der Waals surface area contributed by atoms with E-state index in [1.54, 1.807) is 0 Å². The summed E-state index contributed by atoms with van der Waals surface area (Å²) < 4.78 is 0. The van der Waals surface area contributed by atoms with E-state index < -0.39 is 0 Å². The highest BCUT2D eigenvalue weighted by Crippen LogP contribution is 2.19. The van der Waals surface area contributed by atoms with Gasteiger partial charge >= 0.3 is 0 Å². The minimum atomic E-state index is 0.799. The number of nitrogens with one attached hydrogen (secondary N) is 2. The first-order valence-electron chi connectivity index (χ1n) is 10.5. The lowest BCUT2D eigenvalue weighted by atomic mass is 10.1. The Morgan fingerprint density at radius 3 is 2.12 bits per heavy atom. The summed E-state index contributed by atoms with van der Waals surface area (Å²) in [5.74, 6) is 0. The number of hydrogen-bond donors (Lipinski definition) is 2. The number of aromatic nitrogens is 3. The highest BCUT2D eigenvalue weighted by molar-refractivity contribution is 5.61. The van der Waals surface area contributed by atoms with Crippen molar-refractivity contribution >= 4 is 0 Å². The van der Waals surface area contributed by atoms with E-state index >= 15 is 0 Å².